The molecule has 0 saturated heterocycles. The standard InChI is InChI=1S/C25H20F3N7O2/c1-29-19-8-22(33-35-21(10-31-24(19)35)25(37)32-18-7-16(18)27)34-3-2-14-15(5-13(26)6-20(14)34)23-17(28)4-12(11-36)9-30-23/h4-6,8-11,16,18,29H,2-3,7H2,1H3,(H,32,37)/t16-,18+/m0/s1. The van der Waals surface area contributed by atoms with Crippen molar-refractivity contribution in [2.75, 3.05) is 23.8 Å². The Hall–Kier alpha value is -4.48. The number of benzene rings is 1. The Balaban J connectivity index is 1.44. The van der Waals surface area contributed by atoms with E-state index in [9.17, 15) is 22.8 Å². The zero-order valence-electron chi connectivity index (χ0n) is 19.5. The molecule has 6 rings (SSSR count). The number of hydrogen-bond acceptors (Lipinski definition) is 7. The van der Waals surface area contributed by atoms with Gasteiger partial charge in [0.15, 0.2) is 23.4 Å². The molecule has 0 radical (unpaired) electrons. The van der Waals surface area contributed by atoms with Crippen LogP contribution in [0.5, 0.6) is 0 Å². The van der Waals surface area contributed by atoms with E-state index >= 15 is 0 Å². The first-order valence-corrected chi connectivity index (χ1v) is 11.6. The summed E-state index contributed by atoms with van der Waals surface area (Å²) in [4.78, 5) is 33.8. The van der Waals surface area contributed by atoms with Crippen LogP contribution in [0.3, 0.4) is 0 Å². The summed E-state index contributed by atoms with van der Waals surface area (Å²) in [5, 5.41) is 10.3. The van der Waals surface area contributed by atoms with Gasteiger partial charge in [-0.1, -0.05) is 0 Å². The molecule has 2 atom stereocenters. The van der Waals surface area contributed by atoms with Crippen molar-refractivity contribution in [1.29, 1.82) is 0 Å². The van der Waals surface area contributed by atoms with E-state index in [4.69, 9.17) is 0 Å². The molecular weight excluding hydrogens is 487 g/mol. The molecule has 3 aromatic heterocycles. The van der Waals surface area contributed by atoms with E-state index in [1.165, 1.54) is 29.0 Å². The molecule has 9 nitrogen and oxygen atoms in total. The number of anilines is 3. The van der Waals surface area contributed by atoms with Crippen molar-refractivity contribution in [3.05, 3.63) is 65.1 Å². The fraction of sp³-hybridized carbons (Fsp3) is 0.240. The maximum absolute atomic E-state index is 14.8. The van der Waals surface area contributed by atoms with Crippen molar-refractivity contribution in [3.8, 4) is 11.3 Å². The van der Waals surface area contributed by atoms with Crippen molar-refractivity contribution in [2.24, 2.45) is 0 Å². The van der Waals surface area contributed by atoms with E-state index in [-0.39, 0.29) is 28.9 Å². The van der Waals surface area contributed by atoms with Crippen molar-refractivity contribution in [2.45, 2.75) is 25.1 Å². The number of fused-ring (bicyclic) bond motifs is 2. The molecule has 1 aliphatic carbocycles. The normalized spacial score (nSPS) is 18.1. The second kappa shape index (κ2) is 8.57. The molecule has 4 aromatic rings. The zero-order valence-corrected chi connectivity index (χ0v) is 19.5. The highest BCUT2D eigenvalue weighted by atomic mass is 19.1. The molecule has 2 N–H and O–H groups in total. The van der Waals surface area contributed by atoms with Crippen LogP contribution in [0.4, 0.5) is 30.4 Å². The molecule has 0 bridgehead atoms. The number of carbonyl (C=O) groups is 2. The van der Waals surface area contributed by atoms with Crippen LogP contribution in [0.1, 0.15) is 32.8 Å². The Kier molecular flexibility index (Phi) is 5.32. The van der Waals surface area contributed by atoms with E-state index < -0.39 is 29.8 Å². The molecular formula is C25H20F3N7O2. The summed E-state index contributed by atoms with van der Waals surface area (Å²) in [5.41, 5.74) is 2.56. The smallest absolute Gasteiger partial charge is 0.271 e. The van der Waals surface area contributed by atoms with Crippen LogP contribution in [0.2, 0.25) is 0 Å². The molecule has 1 aliphatic heterocycles. The van der Waals surface area contributed by atoms with Crippen molar-refractivity contribution in [1.82, 2.24) is 24.9 Å². The Labute approximate surface area is 208 Å². The fourth-order valence-electron chi connectivity index (χ4n) is 4.62. The van der Waals surface area contributed by atoms with E-state index in [0.717, 1.165) is 6.07 Å². The van der Waals surface area contributed by atoms with Gasteiger partial charge in [-0.3, -0.25) is 14.6 Å². The first-order valence-electron chi connectivity index (χ1n) is 11.6. The quantitative estimate of drug-likeness (QED) is 0.385. The molecule has 0 spiro atoms. The number of aldehydes is 1. The van der Waals surface area contributed by atoms with Crippen molar-refractivity contribution < 1.29 is 22.8 Å². The number of amides is 1. The Morgan fingerprint density at radius 1 is 1.16 bits per heavy atom. The highest BCUT2D eigenvalue weighted by molar-refractivity contribution is 5.94. The second-order valence-electron chi connectivity index (χ2n) is 8.95. The third-order valence-corrected chi connectivity index (χ3v) is 6.58. The summed E-state index contributed by atoms with van der Waals surface area (Å²) in [6, 6.07) is 4.82. The van der Waals surface area contributed by atoms with Crippen molar-refractivity contribution >= 4 is 35.0 Å². The summed E-state index contributed by atoms with van der Waals surface area (Å²) in [6.07, 6.45) is 2.76. The molecule has 4 heterocycles. The summed E-state index contributed by atoms with van der Waals surface area (Å²) >= 11 is 0. The van der Waals surface area contributed by atoms with Crippen LogP contribution < -0.4 is 15.5 Å². The number of nitrogens with zero attached hydrogens (tertiary/aromatic N) is 5. The Morgan fingerprint density at radius 2 is 1.97 bits per heavy atom. The molecule has 1 fully saturated rings. The van der Waals surface area contributed by atoms with Crippen LogP contribution in [0.15, 0.2) is 36.7 Å². The highest BCUT2D eigenvalue weighted by Gasteiger charge is 2.39. The Morgan fingerprint density at radius 3 is 2.68 bits per heavy atom. The second-order valence-corrected chi connectivity index (χ2v) is 8.95. The lowest BCUT2D eigenvalue weighted by molar-refractivity contribution is 0.0940. The van der Waals surface area contributed by atoms with Gasteiger partial charge in [-0.2, -0.15) is 0 Å². The third kappa shape index (κ3) is 3.85. The minimum absolute atomic E-state index is 0.0534. The Bertz CT molecular complexity index is 1590. The maximum Gasteiger partial charge on any atom is 0.271 e. The van der Waals surface area contributed by atoms with Crippen LogP contribution in [-0.2, 0) is 6.42 Å². The number of rotatable bonds is 6. The number of pyridine rings is 1. The highest BCUT2D eigenvalue weighted by Crippen LogP contribution is 2.41. The summed E-state index contributed by atoms with van der Waals surface area (Å²) < 4.78 is 44.2. The third-order valence-electron chi connectivity index (χ3n) is 6.58. The first-order chi connectivity index (χ1) is 17.9. The summed E-state index contributed by atoms with van der Waals surface area (Å²) in [5.74, 6) is -1.42. The average molecular weight is 507 g/mol. The number of carbonyl (C=O) groups excluding carboxylic acids is 2. The van der Waals surface area contributed by atoms with Gasteiger partial charge in [0.1, 0.15) is 23.5 Å². The predicted molar refractivity (Wildman–Crippen MR) is 129 cm³/mol. The minimum Gasteiger partial charge on any atom is -0.385 e. The van der Waals surface area contributed by atoms with E-state index in [1.54, 1.807) is 18.0 Å². The van der Waals surface area contributed by atoms with Crippen LogP contribution >= 0.6 is 0 Å². The lowest BCUT2D eigenvalue weighted by Gasteiger charge is -2.20. The number of aromatic nitrogens is 4. The van der Waals surface area contributed by atoms with Gasteiger partial charge in [0, 0.05) is 49.1 Å². The van der Waals surface area contributed by atoms with Gasteiger partial charge in [-0.25, -0.2) is 22.7 Å². The van der Waals surface area contributed by atoms with Gasteiger partial charge in [0.05, 0.1) is 17.9 Å². The molecule has 37 heavy (non-hydrogen) atoms. The van der Waals surface area contributed by atoms with E-state index in [1.807, 2.05) is 0 Å². The minimum atomic E-state index is -1.06. The lowest BCUT2D eigenvalue weighted by Crippen LogP contribution is -2.28. The molecule has 188 valence electrons. The van der Waals surface area contributed by atoms with Crippen LogP contribution in [0.25, 0.3) is 16.9 Å². The molecule has 0 unspecified atom stereocenters. The zero-order chi connectivity index (χ0) is 25.8. The molecule has 1 amide bonds. The monoisotopic (exact) mass is 507 g/mol. The number of hydrogen-bond donors (Lipinski definition) is 2. The van der Waals surface area contributed by atoms with Gasteiger partial charge >= 0.3 is 0 Å². The largest absolute Gasteiger partial charge is 0.385 e. The molecule has 12 heteroatoms. The first kappa shape index (κ1) is 23.0. The topological polar surface area (TPSA) is 105 Å². The van der Waals surface area contributed by atoms with Crippen LogP contribution in [-0.4, -0.2) is 57.6 Å². The predicted octanol–water partition coefficient (Wildman–Crippen LogP) is 3.46. The number of alkyl halides is 1. The molecule has 2 aliphatic rings. The van der Waals surface area contributed by atoms with E-state index in [0.29, 0.717) is 47.7 Å². The maximum atomic E-state index is 14.8. The molecule has 1 saturated carbocycles. The average Bonchev–Trinajstić information content (AvgIpc) is 3.25. The van der Waals surface area contributed by atoms with E-state index in [2.05, 4.69) is 25.7 Å². The van der Waals surface area contributed by atoms with Gasteiger partial charge < -0.3 is 15.5 Å². The van der Waals surface area contributed by atoms with Crippen LogP contribution in [0, 0.1) is 11.6 Å². The summed E-state index contributed by atoms with van der Waals surface area (Å²) in [7, 11) is 1.69. The SMILES string of the molecule is CNc1cc(N2CCc3c(-c4ncc(C=O)cc4F)cc(F)cc32)nn2c(C(=O)N[C@@H]3C[C@@H]3F)cnc12. The van der Waals surface area contributed by atoms with Gasteiger partial charge in [0.25, 0.3) is 5.91 Å². The number of nitrogens with one attached hydrogen (secondary N) is 2. The van der Waals surface area contributed by atoms with Gasteiger partial charge in [-0.15, -0.1) is 5.10 Å². The van der Waals surface area contributed by atoms with Gasteiger partial charge in [0.2, 0.25) is 0 Å². The van der Waals surface area contributed by atoms with Gasteiger partial charge in [-0.05, 0) is 30.2 Å². The lowest BCUT2D eigenvalue weighted by atomic mass is 10.0. The summed E-state index contributed by atoms with van der Waals surface area (Å²) in [6.45, 7) is 0.406. The number of imidazole rings is 1. The number of halogens is 3. The molecule has 1 aromatic carbocycles. The van der Waals surface area contributed by atoms with Crippen molar-refractivity contribution in [3.63, 3.8) is 0 Å². The fourth-order valence-corrected chi connectivity index (χ4v) is 4.62.